The molecule has 14 heavy (non-hydrogen) atoms. The molecule has 0 N–H and O–H groups in total. The van der Waals surface area contributed by atoms with Gasteiger partial charge in [-0.1, -0.05) is 12.1 Å². The maximum atomic E-state index is 11.2. The zero-order chi connectivity index (χ0) is 10.6. The van der Waals surface area contributed by atoms with Gasteiger partial charge in [0.05, 0.1) is 13.0 Å². The molecule has 1 rings (SSSR count). The summed E-state index contributed by atoms with van der Waals surface area (Å²) in [7, 11) is 1.35. The van der Waals surface area contributed by atoms with Crippen LogP contribution >= 0.6 is 0 Å². The summed E-state index contributed by atoms with van der Waals surface area (Å²) in [5.74, 6) is -0.613. The molecule has 1 aromatic rings. The zero-order valence-corrected chi connectivity index (χ0v) is 8.06. The Kier molecular flexibility index (Phi) is 3.34. The van der Waals surface area contributed by atoms with E-state index in [2.05, 4.69) is 9.91 Å². The fourth-order valence-corrected chi connectivity index (χ4v) is 1.14. The molecule has 1 atom stereocenters. The third kappa shape index (κ3) is 2.16. The SMILES string of the molecule is COC(=O)C(C)c1ccc(N=O)cc1. The highest BCUT2D eigenvalue weighted by molar-refractivity contribution is 5.77. The predicted molar refractivity (Wildman–Crippen MR) is 52.3 cm³/mol. The van der Waals surface area contributed by atoms with Gasteiger partial charge in [-0.05, 0) is 29.8 Å². The van der Waals surface area contributed by atoms with Crippen LogP contribution < -0.4 is 0 Å². The fraction of sp³-hybridized carbons (Fsp3) is 0.300. The number of benzene rings is 1. The molecule has 0 heterocycles. The minimum atomic E-state index is -0.319. The fourth-order valence-electron chi connectivity index (χ4n) is 1.14. The van der Waals surface area contributed by atoms with Crippen LogP contribution in [0.3, 0.4) is 0 Å². The summed E-state index contributed by atoms with van der Waals surface area (Å²) in [6, 6.07) is 6.53. The van der Waals surface area contributed by atoms with Crippen molar-refractivity contribution in [3.05, 3.63) is 34.7 Å². The maximum absolute atomic E-state index is 11.2. The van der Waals surface area contributed by atoms with Crippen molar-refractivity contribution in [1.82, 2.24) is 0 Å². The second kappa shape index (κ2) is 4.50. The van der Waals surface area contributed by atoms with Crippen molar-refractivity contribution < 1.29 is 9.53 Å². The van der Waals surface area contributed by atoms with Crippen molar-refractivity contribution in [1.29, 1.82) is 0 Å². The number of nitrogens with zero attached hydrogens (tertiary/aromatic N) is 1. The third-order valence-corrected chi connectivity index (χ3v) is 2.05. The van der Waals surface area contributed by atoms with Crippen molar-refractivity contribution in [3.63, 3.8) is 0 Å². The van der Waals surface area contributed by atoms with E-state index in [-0.39, 0.29) is 11.9 Å². The lowest BCUT2D eigenvalue weighted by Gasteiger charge is -2.08. The molecule has 0 radical (unpaired) electrons. The van der Waals surface area contributed by atoms with Crippen molar-refractivity contribution in [2.75, 3.05) is 7.11 Å². The Hall–Kier alpha value is -1.71. The van der Waals surface area contributed by atoms with Crippen molar-refractivity contribution in [2.45, 2.75) is 12.8 Å². The van der Waals surface area contributed by atoms with Crippen LogP contribution in [-0.4, -0.2) is 13.1 Å². The predicted octanol–water partition coefficient (Wildman–Crippen LogP) is 2.36. The number of ether oxygens (including phenoxy) is 1. The van der Waals surface area contributed by atoms with Crippen LogP contribution in [0.25, 0.3) is 0 Å². The molecule has 0 aromatic heterocycles. The van der Waals surface area contributed by atoms with Gasteiger partial charge in [0.15, 0.2) is 0 Å². The molecule has 4 heteroatoms. The summed E-state index contributed by atoms with van der Waals surface area (Å²) in [6.07, 6.45) is 0. The molecule has 0 fully saturated rings. The van der Waals surface area contributed by atoms with Gasteiger partial charge in [-0.2, -0.15) is 0 Å². The molecule has 0 aliphatic heterocycles. The Morgan fingerprint density at radius 1 is 1.36 bits per heavy atom. The first-order valence-corrected chi connectivity index (χ1v) is 4.20. The lowest BCUT2D eigenvalue weighted by molar-refractivity contribution is -0.141. The monoisotopic (exact) mass is 193 g/mol. The first-order chi connectivity index (χ1) is 6.69. The molecule has 0 saturated heterocycles. The highest BCUT2D eigenvalue weighted by Gasteiger charge is 2.14. The Balaban J connectivity index is 2.86. The van der Waals surface area contributed by atoms with E-state index in [9.17, 15) is 9.70 Å². The second-order valence-electron chi connectivity index (χ2n) is 2.93. The van der Waals surface area contributed by atoms with Gasteiger partial charge >= 0.3 is 5.97 Å². The van der Waals surface area contributed by atoms with Crippen LogP contribution in [0.2, 0.25) is 0 Å². The molecule has 1 aromatic carbocycles. The second-order valence-corrected chi connectivity index (χ2v) is 2.93. The minimum absolute atomic E-state index is 0.295. The number of esters is 1. The van der Waals surface area contributed by atoms with Gasteiger partial charge in [-0.15, -0.1) is 4.91 Å². The van der Waals surface area contributed by atoms with Gasteiger partial charge in [-0.25, -0.2) is 0 Å². The molecule has 0 bridgehead atoms. The van der Waals surface area contributed by atoms with E-state index in [4.69, 9.17) is 0 Å². The number of carbonyl (C=O) groups is 1. The topological polar surface area (TPSA) is 55.7 Å². The van der Waals surface area contributed by atoms with E-state index in [1.807, 2.05) is 0 Å². The molecule has 0 aliphatic carbocycles. The third-order valence-electron chi connectivity index (χ3n) is 2.05. The standard InChI is InChI=1S/C10H11NO3/c1-7(10(12)14-2)8-3-5-9(11-13)6-4-8/h3-7H,1-2H3. The van der Waals surface area contributed by atoms with E-state index in [0.717, 1.165) is 5.56 Å². The summed E-state index contributed by atoms with van der Waals surface area (Å²) >= 11 is 0. The van der Waals surface area contributed by atoms with Crippen LogP contribution in [0.15, 0.2) is 29.4 Å². The summed E-state index contributed by atoms with van der Waals surface area (Å²) in [5, 5.41) is 2.77. The quantitative estimate of drug-likeness (QED) is 0.547. The molecule has 0 amide bonds. The number of hydrogen-bond acceptors (Lipinski definition) is 4. The number of methoxy groups -OCH3 is 1. The van der Waals surface area contributed by atoms with Crippen LogP contribution in [-0.2, 0) is 9.53 Å². The minimum Gasteiger partial charge on any atom is -0.469 e. The lowest BCUT2D eigenvalue weighted by atomic mass is 10.0. The molecular weight excluding hydrogens is 182 g/mol. The van der Waals surface area contributed by atoms with Gasteiger partial charge in [-0.3, -0.25) is 4.79 Å². The lowest BCUT2D eigenvalue weighted by Crippen LogP contribution is -2.10. The van der Waals surface area contributed by atoms with E-state index in [1.54, 1.807) is 31.2 Å². The van der Waals surface area contributed by atoms with Gasteiger partial charge in [0, 0.05) is 0 Å². The Morgan fingerprint density at radius 3 is 2.36 bits per heavy atom. The molecule has 4 nitrogen and oxygen atoms in total. The zero-order valence-electron chi connectivity index (χ0n) is 8.06. The summed E-state index contributed by atoms with van der Waals surface area (Å²) in [4.78, 5) is 21.3. The Bertz CT molecular complexity index is 332. The number of carbonyl (C=O) groups excluding carboxylic acids is 1. The molecule has 1 unspecified atom stereocenters. The Morgan fingerprint density at radius 2 is 1.93 bits per heavy atom. The molecular formula is C10H11NO3. The first kappa shape index (κ1) is 10.4. The number of hydrogen-bond donors (Lipinski definition) is 0. The average Bonchev–Trinajstić information content (AvgIpc) is 2.27. The van der Waals surface area contributed by atoms with Crippen molar-refractivity contribution >= 4 is 11.7 Å². The van der Waals surface area contributed by atoms with Crippen LogP contribution in [0, 0.1) is 4.91 Å². The average molecular weight is 193 g/mol. The number of nitroso groups, excluding NO2 is 1. The van der Waals surface area contributed by atoms with Crippen LogP contribution in [0.4, 0.5) is 5.69 Å². The van der Waals surface area contributed by atoms with E-state index >= 15 is 0 Å². The van der Waals surface area contributed by atoms with Crippen molar-refractivity contribution in [3.8, 4) is 0 Å². The van der Waals surface area contributed by atoms with E-state index in [0.29, 0.717) is 5.69 Å². The van der Waals surface area contributed by atoms with Crippen LogP contribution in [0.1, 0.15) is 18.4 Å². The number of rotatable bonds is 3. The normalized spacial score (nSPS) is 11.9. The summed E-state index contributed by atoms with van der Waals surface area (Å²) in [6.45, 7) is 1.75. The van der Waals surface area contributed by atoms with Crippen molar-refractivity contribution in [2.24, 2.45) is 5.18 Å². The van der Waals surface area contributed by atoms with Gasteiger partial charge in [0.2, 0.25) is 0 Å². The molecule has 0 saturated carbocycles. The largest absolute Gasteiger partial charge is 0.469 e. The maximum Gasteiger partial charge on any atom is 0.312 e. The smallest absolute Gasteiger partial charge is 0.312 e. The van der Waals surface area contributed by atoms with Gasteiger partial charge in [0.25, 0.3) is 0 Å². The highest BCUT2D eigenvalue weighted by atomic mass is 16.5. The van der Waals surface area contributed by atoms with Gasteiger partial charge in [0.1, 0.15) is 5.69 Å². The molecule has 0 spiro atoms. The summed E-state index contributed by atoms with van der Waals surface area (Å²) < 4.78 is 4.60. The van der Waals surface area contributed by atoms with Gasteiger partial charge < -0.3 is 4.74 Å². The molecule has 74 valence electrons. The van der Waals surface area contributed by atoms with E-state index in [1.165, 1.54) is 7.11 Å². The Labute approximate surface area is 81.9 Å². The summed E-state index contributed by atoms with van der Waals surface area (Å²) in [5.41, 5.74) is 1.16. The molecule has 0 aliphatic rings. The van der Waals surface area contributed by atoms with Crippen LogP contribution in [0.5, 0.6) is 0 Å². The van der Waals surface area contributed by atoms with E-state index < -0.39 is 0 Å². The first-order valence-electron chi connectivity index (χ1n) is 4.20. The highest BCUT2D eigenvalue weighted by Crippen LogP contribution is 2.20.